The van der Waals surface area contributed by atoms with Gasteiger partial charge in [-0.3, -0.25) is 9.97 Å². The van der Waals surface area contributed by atoms with Gasteiger partial charge >= 0.3 is 0 Å². The second-order valence-corrected chi connectivity index (χ2v) is 3.88. The maximum atomic E-state index is 3.97. The molecule has 0 unspecified atom stereocenters. The fourth-order valence-electron chi connectivity index (χ4n) is 1.78. The zero-order valence-corrected chi connectivity index (χ0v) is 9.67. The van der Waals surface area contributed by atoms with Crippen molar-refractivity contribution in [1.29, 1.82) is 0 Å². The molecule has 0 bridgehead atoms. The van der Waals surface area contributed by atoms with Crippen LogP contribution >= 0.6 is 0 Å². The summed E-state index contributed by atoms with van der Waals surface area (Å²) in [4.78, 5) is 14.1. The van der Waals surface area contributed by atoms with Gasteiger partial charge in [-0.05, 0) is 24.3 Å². The molecule has 0 amide bonds. The SMILES string of the molecule is [HH].[HH].c1cc2[nH]ccc2cn1.c1cc2cc[nH]c2cn1. The Labute approximate surface area is 107 Å². The van der Waals surface area contributed by atoms with Gasteiger partial charge in [0.25, 0.3) is 0 Å². The van der Waals surface area contributed by atoms with Crippen molar-refractivity contribution in [2.24, 2.45) is 0 Å². The summed E-state index contributed by atoms with van der Waals surface area (Å²) in [7, 11) is 0. The second-order valence-electron chi connectivity index (χ2n) is 3.88. The molecule has 4 rings (SSSR count). The van der Waals surface area contributed by atoms with E-state index in [1.807, 2.05) is 49.1 Å². The predicted octanol–water partition coefficient (Wildman–Crippen LogP) is 3.62. The number of hydrogen-bond donors (Lipinski definition) is 2. The Morgan fingerprint density at radius 3 is 2.28 bits per heavy atom. The molecule has 0 atom stereocenters. The summed E-state index contributed by atoms with van der Waals surface area (Å²) in [5.74, 6) is 0. The first kappa shape index (κ1) is 10.5. The fourth-order valence-corrected chi connectivity index (χ4v) is 1.78. The molecule has 0 aliphatic heterocycles. The van der Waals surface area contributed by atoms with Crippen molar-refractivity contribution in [1.82, 2.24) is 19.9 Å². The largest absolute Gasteiger partial charge is 0.361 e. The average Bonchev–Trinajstić information content (AvgIpc) is 3.08. The summed E-state index contributed by atoms with van der Waals surface area (Å²) in [5, 5.41) is 2.38. The summed E-state index contributed by atoms with van der Waals surface area (Å²) in [6.45, 7) is 0. The number of aromatic nitrogens is 4. The van der Waals surface area contributed by atoms with Crippen LogP contribution in [0.1, 0.15) is 2.85 Å². The van der Waals surface area contributed by atoms with Crippen LogP contribution in [-0.2, 0) is 0 Å². The molecule has 0 fully saturated rings. The molecular formula is C14H16N4. The molecule has 4 aromatic rings. The van der Waals surface area contributed by atoms with Crippen LogP contribution in [0, 0.1) is 0 Å². The number of fused-ring (bicyclic) bond motifs is 2. The quantitative estimate of drug-likeness (QED) is 0.493. The number of pyridine rings is 2. The lowest BCUT2D eigenvalue weighted by molar-refractivity contribution is 1.34. The lowest BCUT2D eigenvalue weighted by atomic mass is 10.3. The molecule has 0 radical (unpaired) electrons. The van der Waals surface area contributed by atoms with Crippen LogP contribution in [0.5, 0.6) is 0 Å². The Balaban J connectivity index is 0.000000182. The maximum absolute atomic E-state index is 3.97. The van der Waals surface area contributed by atoms with E-state index < -0.39 is 0 Å². The molecule has 4 heteroatoms. The minimum Gasteiger partial charge on any atom is -0.361 e. The Bertz CT molecular complexity index is 637. The lowest BCUT2D eigenvalue weighted by Gasteiger charge is -1.82. The van der Waals surface area contributed by atoms with E-state index in [-0.39, 0.29) is 2.85 Å². The van der Waals surface area contributed by atoms with Crippen LogP contribution in [0.2, 0.25) is 0 Å². The van der Waals surface area contributed by atoms with Gasteiger partial charge in [-0.1, -0.05) is 0 Å². The number of aromatic amines is 2. The van der Waals surface area contributed by atoms with Crippen LogP contribution < -0.4 is 0 Å². The van der Waals surface area contributed by atoms with E-state index >= 15 is 0 Å². The third kappa shape index (κ3) is 2.08. The van der Waals surface area contributed by atoms with Gasteiger partial charge in [0.2, 0.25) is 0 Å². The first-order valence-electron chi connectivity index (χ1n) is 5.68. The van der Waals surface area contributed by atoms with E-state index in [2.05, 4.69) is 19.9 Å². The highest BCUT2D eigenvalue weighted by Gasteiger charge is 1.88. The minimum absolute atomic E-state index is 0. The molecular weight excluding hydrogens is 224 g/mol. The Morgan fingerprint density at radius 1 is 0.722 bits per heavy atom. The number of rotatable bonds is 0. The third-order valence-electron chi connectivity index (χ3n) is 2.71. The molecule has 92 valence electrons. The van der Waals surface area contributed by atoms with Crippen molar-refractivity contribution < 1.29 is 2.85 Å². The van der Waals surface area contributed by atoms with Crippen LogP contribution in [0.3, 0.4) is 0 Å². The van der Waals surface area contributed by atoms with E-state index in [1.54, 1.807) is 12.4 Å². The summed E-state index contributed by atoms with van der Waals surface area (Å²) in [6, 6.07) is 7.96. The Kier molecular flexibility index (Phi) is 2.75. The molecule has 0 aromatic carbocycles. The van der Waals surface area contributed by atoms with Gasteiger partial charge in [-0.2, -0.15) is 0 Å². The summed E-state index contributed by atoms with van der Waals surface area (Å²) in [5.41, 5.74) is 2.24. The average molecular weight is 240 g/mol. The molecule has 0 saturated heterocycles. The fraction of sp³-hybridized carbons (Fsp3) is 0. The van der Waals surface area contributed by atoms with Crippen molar-refractivity contribution in [2.45, 2.75) is 0 Å². The molecule has 0 spiro atoms. The summed E-state index contributed by atoms with van der Waals surface area (Å²) >= 11 is 0. The normalized spacial score (nSPS) is 10.2. The van der Waals surface area contributed by atoms with E-state index in [9.17, 15) is 0 Å². The van der Waals surface area contributed by atoms with Crippen LogP contribution in [0.15, 0.2) is 61.4 Å². The predicted molar refractivity (Wildman–Crippen MR) is 76.4 cm³/mol. The molecule has 4 nitrogen and oxygen atoms in total. The first-order valence-corrected chi connectivity index (χ1v) is 5.68. The number of nitrogens with one attached hydrogen (secondary N) is 2. The highest BCUT2D eigenvalue weighted by molar-refractivity contribution is 5.78. The molecule has 0 aliphatic rings. The van der Waals surface area contributed by atoms with E-state index in [1.165, 1.54) is 5.39 Å². The molecule has 2 N–H and O–H groups in total. The van der Waals surface area contributed by atoms with Crippen molar-refractivity contribution in [3.05, 3.63) is 61.4 Å². The van der Waals surface area contributed by atoms with Gasteiger partial charge in [-0.25, -0.2) is 0 Å². The molecule has 18 heavy (non-hydrogen) atoms. The lowest BCUT2D eigenvalue weighted by Crippen LogP contribution is -1.68. The molecule has 0 saturated carbocycles. The standard InChI is InChI=1S/2C7H6N2.2H2/c1-4-9-7-2-3-8-5-6(1)7;1-3-8-5-7-6(1)2-4-9-7;;/h2*1-5,9H;2*1H. The zero-order valence-electron chi connectivity index (χ0n) is 9.67. The summed E-state index contributed by atoms with van der Waals surface area (Å²) in [6.07, 6.45) is 11.0. The second kappa shape index (κ2) is 4.71. The topological polar surface area (TPSA) is 57.4 Å². The van der Waals surface area contributed by atoms with Crippen LogP contribution in [0.4, 0.5) is 0 Å². The molecule has 4 aromatic heterocycles. The highest BCUT2D eigenvalue weighted by Crippen LogP contribution is 2.07. The number of H-pyrrole nitrogens is 2. The van der Waals surface area contributed by atoms with Crippen molar-refractivity contribution in [3.8, 4) is 0 Å². The first-order chi connectivity index (χ1) is 8.93. The monoisotopic (exact) mass is 240 g/mol. The van der Waals surface area contributed by atoms with Crippen molar-refractivity contribution in [3.63, 3.8) is 0 Å². The van der Waals surface area contributed by atoms with Gasteiger partial charge in [0.1, 0.15) is 0 Å². The van der Waals surface area contributed by atoms with Gasteiger partial charge in [-0.15, -0.1) is 0 Å². The van der Waals surface area contributed by atoms with Gasteiger partial charge < -0.3 is 9.97 Å². The van der Waals surface area contributed by atoms with Crippen LogP contribution in [-0.4, -0.2) is 19.9 Å². The van der Waals surface area contributed by atoms with Gasteiger partial charge in [0.05, 0.1) is 11.7 Å². The maximum Gasteiger partial charge on any atom is 0.0640 e. The number of hydrogen-bond acceptors (Lipinski definition) is 2. The van der Waals surface area contributed by atoms with Gasteiger partial charge in [0, 0.05) is 50.1 Å². The minimum atomic E-state index is 0. The van der Waals surface area contributed by atoms with Crippen molar-refractivity contribution in [2.75, 3.05) is 0 Å². The van der Waals surface area contributed by atoms with E-state index in [4.69, 9.17) is 0 Å². The van der Waals surface area contributed by atoms with Crippen LogP contribution in [0.25, 0.3) is 21.8 Å². The summed E-state index contributed by atoms with van der Waals surface area (Å²) < 4.78 is 0. The number of nitrogens with zero attached hydrogens (tertiary/aromatic N) is 2. The molecule has 4 heterocycles. The van der Waals surface area contributed by atoms with Crippen molar-refractivity contribution >= 4 is 21.8 Å². The Hall–Kier alpha value is -2.62. The highest BCUT2D eigenvalue weighted by atomic mass is 14.7. The molecule has 0 aliphatic carbocycles. The Morgan fingerprint density at radius 2 is 1.44 bits per heavy atom. The van der Waals surface area contributed by atoms with E-state index in [0.29, 0.717) is 0 Å². The smallest absolute Gasteiger partial charge is 0.0640 e. The zero-order chi connectivity index (χ0) is 12.2. The third-order valence-corrected chi connectivity index (χ3v) is 2.71. The van der Waals surface area contributed by atoms with E-state index in [0.717, 1.165) is 16.4 Å². The van der Waals surface area contributed by atoms with Gasteiger partial charge in [0.15, 0.2) is 0 Å².